The van der Waals surface area contributed by atoms with Gasteiger partial charge in [-0.1, -0.05) is 12.1 Å². The maximum atomic E-state index is 10.5. The fourth-order valence-corrected chi connectivity index (χ4v) is 1.89. The Hall–Kier alpha value is -2.14. The Balaban J connectivity index is 1.96. The van der Waals surface area contributed by atoms with Crippen molar-refractivity contribution < 1.29 is 10.0 Å². The molecule has 2 aromatic rings. The molecule has 2 rings (SSSR count). The predicted octanol–water partition coefficient (Wildman–Crippen LogP) is 2.69. The van der Waals surface area contributed by atoms with Gasteiger partial charge < -0.3 is 9.67 Å². The Labute approximate surface area is 111 Å². The minimum Gasteiger partial charge on any atom is -0.389 e. The first-order valence-corrected chi connectivity index (χ1v) is 6.13. The van der Waals surface area contributed by atoms with Crippen molar-refractivity contribution in [2.75, 3.05) is 0 Å². The van der Waals surface area contributed by atoms with Crippen molar-refractivity contribution in [3.8, 4) is 0 Å². The van der Waals surface area contributed by atoms with E-state index in [1.54, 1.807) is 19.1 Å². The Kier molecular flexibility index (Phi) is 3.97. The molecule has 5 heteroatoms. The number of hydrogen-bond donors (Lipinski definition) is 1. The first-order valence-electron chi connectivity index (χ1n) is 6.13. The molecule has 0 amide bonds. The zero-order valence-corrected chi connectivity index (χ0v) is 10.7. The molecule has 0 spiro atoms. The molecule has 1 aromatic heterocycles. The standard InChI is InChI=1S/C14H16N2O3/c1-11(17)13-7-9-15(10-13)8-6-12-2-4-14(5-3-12)16(18)19/h2-5,7,9-11,17H,6,8H2,1H3. The van der Waals surface area contributed by atoms with Crippen LogP contribution in [0, 0.1) is 10.1 Å². The largest absolute Gasteiger partial charge is 0.389 e. The molecule has 1 heterocycles. The van der Waals surface area contributed by atoms with Crippen LogP contribution in [-0.2, 0) is 13.0 Å². The molecule has 0 saturated carbocycles. The van der Waals surface area contributed by atoms with Crippen LogP contribution in [0.5, 0.6) is 0 Å². The van der Waals surface area contributed by atoms with E-state index in [4.69, 9.17) is 0 Å². The summed E-state index contributed by atoms with van der Waals surface area (Å²) in [6.45, 7) is 2.51. The van der Waals surface area contributed by atoms with E-state index in [-0.39, 0.29) is 5.69 Å². The van der Waals surface area contributed by atoms with Gasteiger partial charge in [-0.05, 0) is 30.5 Å². The number of rotatable bonds is 5. The topological polar surface area (TPSA) is 68.3 Å². The van der Waals surface area contributed by atoms with Crippen LogP contribution in [0.4, 0.5) is 5.69 Å². The Morgan fingerprint density at radius 2 is 2.00 bits per heavy atom. The van der Waals surface area contributed by atoms with Gasteiger partial charge in [0.25, 0.3) is 5.69 Å². The molecule has 5 nitrogen and oxygen atoms in total. The molecule has 0 aliphatic carbocycles. The Bertz CT molecular complexity index is 558. The predicted molar refractivity (Wildman–Crippen MR) is 71.9 cm³/mol. The summed E-state index contributed by atoms with van der Waals surface area (Å²) < 4.78 is 2.00. The van der Waals surface area contributed by atoms with E-state index in [1.165, 1.54) is 12.1 Å². The van der Waals surface area contributed by atoms with E-state index in [1.807, 2.05) is 23.0 Å². The molecule has 0 bridgehead atoms. The maximum absolute atomic E-state index is 10.5. The number of nitrogens with zero attached hydrogens (tertiary/aromatic N) is 2. The number of aryl methyl sites for hydroxylation is 2. The van der Waals surface area contributed by atoms with Crippen LogP contribution >= 0.6 is 0 Å². The average Bonchev–Trinajstić information content (AvgIpc) is 2.86. The monoisotopic (exact) mass is 260 g/mol. The van der Waals surface area contributed by atoms with Crippen LogP contribution in [0.2, 0.25) is 0 Å². The van der Waals surface area contributed by atoms with Crippen LogP contribution in [0.1, 0.15) is 24.2 Å². The number of aliphatic hydroxyl groups is 1. The highest BCUT2D eigenvalue weighted by Gasteiger charge is 2.05. The van der Waals surface area contributed by atoms with E-state index in [9.17, 15) is 15.2 Å². The molecular weight excluding hydrogens is 244 g/mol. The van der Waals surface area contributed by atoms with Crippen molar-refractivity contribution in [2.45, 2.75) is 26.0 Å². The SMILES string of the molecule is CC(O)c1ccn(CCc2ccc([N+](=O)[O-])cc2)c1. The summed E-state index contributed by atoms with van der Waals surface area (Å²) in [5.74, 6) is 0. The molecule has 0 radical (unpaired) electrons. The summed E-state index contributed by atoms with van der Waals surface area (Å²) in [6, 6.07) is 8.48. The summed E-state index contributed by atoms with van der Waals surface area (Å²) in [4.78, 5) is 10.1. The van der Waals surface area contributed by atoms with Crippen molar-refractivity contribution in [2.24, 2.45) is 0 Å². The Morgan fingerprint density at radius 3 is 2.53 bits per heavy atom. The molecule has 0 fully saturated rings. The third-order valence-corrected chi connectivity index (χ3v) is 3.06. The first-order chi connectivity index (χ1) is 9.06. The van der Waals surface area contributed by atoms with E-state index in [0.29, 0.717) is 0 Å². The second-order valence-corrected chi connectivity index (χ2v) is 4.53. The average molecular weight is 260 g/mol. The van der Waals surface area contributed by atoms with Crippen molar-refractivity contribution in [1.29, 1.82) is 0 Å². The van der Waals surface area contributed by atoms with Crippen molar-refractivity contribution in [1.82, 2.24) is 4.57 Å². The smallest absolute Gasteiger partial charge is 0.269 e. The van der Waals surface area contributed by atoms with Crippen molar-refractivity contribution in [3.63, 3.8) is 0 Å². The third kappa shape index (κ3) is 3.42. The number of nitro groups is 1. The van der Waals surface area contributed by atoms with Gasteiger partial charge in [0.15, 0.2) is 0 Å². The van der Waals surface area contributed by atoms with Gasteiger partial charge in [-0.15, -0.1) is 0 Å². The zero-order valence-electron chi connectivity index (χ0n) is 10.7. The van der Waals surface area contributed by atoms with Crippen LogP contribution in [-0.4, -0.2) is 14.6 Å². The quantitative estimate of drug-likeness (QED) is 0.663. The Morgan fingerprint density at radius 1 is 1.32 bits per heavy atom. The highest BCUT2D eigenvalue weighted by Crippen LogP contribution is 2.14. The second kappa shape index (κ2) is 5.67. The highest BCUT2D eigenvalue weighted by molar-refractivity contribution is 5.32. The molecular formula is C14H16N2O3. The lowest BCUT2D eigenvalue weighted by atomic mass is 10.1. The number of nitro benzene ring substituents is 1. The van der Waals surface area contributed by atoms with E-state index in [2.05, 4.69) is 0 Å². The molecule has 1 aromatic carbocycles. The molecule has 0 saturated heterocycles. The van der Waals surface area contributed by atoms with E-state index < -0.39 is 11.0 Å². The maximum Gasteiger partial charge on any atom is 0.269 e. The van der Waals surface area contributed by atoms with Crippen molar-refractivity contribution in [3.05, 3.63) is 64.0 Å². The normalized spacial score (nSPS) is 12.3. The number of hydrogen-bond acceptors (Lipinski definition) is 3. The van der Waals surface area contributed by atoms with Gasteiger partial charge in [-0.3, -0.25) is 10.1 Å². The molecule has 19 heavy (non-hydrogen) atoms. The van der Waals surface area contributed by atoms with Gasteiger partial charge >= 0.3 is 0 Å². The van der Waals surface area contributed by atoms with Gasteiger partial charge in [0, 0.05) is 31.1 Å². The van der Waals surface area contributed by atoms with Gasteiger partial charge in [0.2, 0.25) is 0 Å². The van der Waals surface area contributed by atoms with Crippen LogP contribution in [0.3, 0.4) is 0 Å². The molecule has 100 valence electrons. The zero-order chi connectivity index (χ0) is 13.8. The first kappa shape index (κ1) is 13.3. The van der Waals surface area contributed by atoms with Crippen molar-refractivity contribution >= 4 is 5.69 Å². The second-order valence-electron chi connectivity index (χ2n) is 4.53. The molecule has 0 aliphatic heterocycles. The molecule has 1 unspecified atom stereocenters. The highest BCUT2D eigenvalue weighted by atomic mass is 16.6. The molecule has 0 aliphatic rings. The van der Waals surface area contributed by atoms with Gasteiger partial charge in [0.05, 0.1) is 11.0 Å². The van der Waals surface area contributed by atoms with E-state index in [0.717, 1.165) is 24.1 Å². The van der Waals surface area contributed by atoms with Gasteiger partial charge in [0.1, 0.15) is 0 Å². The molecule has 1 N–H and O–H groups in total. The van der Waals surface area contributed by atoms with Gasteiger partial charge in [-0.25, -0.2) is 0 Å². The van der Waals surface area contributed by atoms with Crippen LogP contribution < -0.4 is 0 Å². The van der Waals surface area contributed by atoms with Gasteiger partial charge in [-0.2, -0.15) is 0 Å². The third-order valence-electron chi connectivity index (χ3n) is 3.06. The van der Waals surface area contributed by atoms with Crippen LogP contribution in [0.25, 0.3) is 0 Å². The lowest BCUT2D eigenvalue weighted by molar-refractivity contribution is -0.384. The van der Waals surface area contributed by atoms with Crippen LogP contribution in [0.15, 0.2) is 42.7 Å². The fourth-order valence-electron chi connectivity index (χ4n) is 1.89. The summed E-state index contributed by atoms with van der Waals surface area (Å²) in [5.41, 5.74) is 2.06. The molecule has 1 atom stereocenters. The number of non-ortho nitro benzene ring substituents is 1. The number of aromatic nitrogens is 1. The fraction of sp³-hybridized carbons (Fsp3) is 0.286. The summed E-state index contributed by atoms with van der Waals surface area (Å²) in [7, 11) is 0. The summed E-state index contributed by atoms with van der Waals surface area (Å²) in [6.07, 6.45) is 4.18. The lowest BCUT2D eigenvalue weighted by Crippen LogP contribution is -1.99. The summed E-state index contributed by atoms with van der Waals surface area (Å²) >= 11 is 0. The number of benzene rings is 1. The summed E-state index contributed by atoms with van der Waals surface area (Å²) in [5, 5.41) is 20.0. The minimum absolute atomic E-state index is 0.112. The minimum atomic E-state index is -0.458. The van der Waals surface area contributed by atoms with E-state index >= 15 is 0 Å². The number of aliphatic hydroxyl groups excluding tert-OH is 1. The lowest BCUT2D eigenvalue weighted by Gasteiger charge is -2.04.